The molecule has 0 spiro atoms. The second-order valence-corrected chi connectivity index (χ2v) is 6.11. The Morgan fingerprint density at radius 3 is 2.64 bits per heavy atom. The smallest absolute Gasteiger partial charge is 0.291 e. The number of rotatable bonds is 6. The highest BCUT2D eigenvalue weighted by atomic mass is 16.5. The van der Waals surface area contributed by atoms with Gasteiger partial charge in [-0.05, 0) is 42.0 Å². The van der Waals surface area contributed by atoms with Crippen LogP contribution in [0.5, 0.6) is 11.5 Å². The highest BCUT2D eigenvalue weighted by Crippen LogP contribution is 2.31. The van der Waals surface area contributed by atoms with E-state index in [0.717, 1.165) is 10.9 Å². The molecule has 0 fully saturated rings. The molecule has 28 heavy (non-hydrogen) atoms. The van der Waals surface area contributed by atoms with Gasteiger partial charge in [-0.2, -0.15) is 0 Å². The van der Waals surface area contributed by atoms with E-state index < -0.39 is 0 Å². The van der Waals surface area contributed by atoms with Crippen molar-refractivity contribution in [2.24, 2.45) is 0 Å². The molecule has 4 rings (SSSR count). The van der Waals surface area contributed by atoms with Crippen molar-refractivity contribution in [3.8, 4) is 11.5 Å². The van der Waals surface area contributed by atoms with Crippen LogP contribution in [0.15, 0.2) is 77.5 Å². The molecule has 0 saturated carbocycles. The van der Waals surface area contributed by atoms with Crippen molar-refractivity contribution in [2.75, 3.05) is 12.4 Å². The minimum Gasteiger partial charge on any atom is -0.493 e. The molecule has 2 aromatic carbocycles. The average molecular weight is 374 g/mol. The number of nitrogens with zero attached hydrogens (tertiary/aromatic N) is 1. The van der Waals surface area contributed by atoms with E-state index in [9.17, 15) is 4.79 Å². The van der Waals surface area contributed by atoms with Crippen LogP contribution in [0.1, 0.15) is 16.1 Å². The van der Waals surface area contributed by atoms with Gasteiger partial charge in [0.25, 0.3) is 5.91 Å². The van der Waals surface area contributed by atoms with Crippen LogP contribution < -0.4 is 14.8 Å². The van der Waals surface area contributed by atoms with Crippen molar-refractivity contribution in [1.29, 1.82) is 0 Å². The van der Waals surface area contributed by atoms with E-state index in [0.29, 0.717) is 29.4 Å². The van der Waals surface area contributed by atoms with Gasteiger partial charge in [-0.15, -0.1) is 0 Å². The zero-order valence-corrected chi connectivity index (χ0v) is 15.2. The van der Waals surface area contributed by atoms with Crippen LogP contribution in [-0.2, 0) is 6.61 Å². The third kappa shape index (κ3) is 3.81. The number of methoxy groups -OCH3 is 1. The van der Waals surface area contributed by atoms with Gasteiger partial charge in [0.1, 0.15) is 12.2 Å². The summed E-state index contributed by atoms with van der Waals surface area (Å²) in [5.41, 5.74) is 2.23. The topological polar surface area (TPSA) is 73.6 Å². The van der Waals surface area contributed by atoms with Gasteiger partial charge in [-0.25, -0.2) is 0 Å². The minimum absolute atomic E-state index is 0.247. The normalized spacial score (nSPS) is 10.6. The van der Waals surface area contributed by atoms with Gasteiger partial charge < -0.3 is 19.2 Å². The van der Waals surface area contributed by atoms with E-state index in [-0.39, 0.29) is 11.7 Å². The second-order valence-electron chi connectivity index (χ2n) is 6.11. The molecule has 6 heteroatoms. The molecule has 1 N–H and O–H groups in total. The number of hydrogen-bond acceptors (Lipinski definition) is 5. The molecule has 6 nitrogen and oxygen atoms in total. The Bertz CT molecular complexity index is 1070. The summed E-state index contributed by atoms with van der Waals surface area (Å²) in [5.74, 6) is 1.02. The number of anilines is 1. The molecule has 140 valence electrons. The highest BCUT2D eigenvalue weighted by Gasteiger charge is 2.14. The molecule has 1 amide bonds. The summed E-state index contributed by atoms with van der Waals surface area (Å²) in [6.45, 7) is 0.361. The molecular weight excluding hydrogens is 356 g/mol. The second kappa shape index (κ2) is 7.84. The molecule has 4 aromatic rings. The number of carbonyl (C=O) groups is 1. The van der Waals surface area contributed by atoms with Gasteiger partial charge in [-0.3, -0.25) is 9.78 Å². The predicted molar refractivity (Wildman–Crippen MR) is 106 cm³/mol. The van der Waals surface area contributed by atoms with Gasteiger partial charge in [0, 0.05) is 29.5 Å². The van der Waals surface area contributed by atoms with E-state index in [1.54, 1.807) is 43.8 Å². The Balaban J connectivity index is 1.51. The molecule has 0 aliphatic rings. The third-order valence-corrected chi connectivity index (χ3v) is 4.21. The van der Waals surface area contributed by atoms with Gasteiger partial charge in [0.05, 0.1) is 7.11 Å². The Hall–Kier alpha value is -3.80. The van der Waals surface area contributed by atoms with Gasteiger partial charge >= 0.3 is 0 Å². The largest absolute Gasteiger partial charge is 0.493 e. The van der Waals surface area contributed by atoms with E-state index in [4.69, 9.17) is 13.9 Å². The number of ether oxygens (including phenoxy) is 2. The fourth-order valence-electron chi connectivity index (χ4n) is 2.79. The van der Waals surface area contributed by atoms with Gasteiger partial charge in [0.15, 0.2) is 17.3 Å². The van der Waals surface area contributed by atoms with E-state index in [1.807, 2.05) is 36.4 Å². The van der Waals surface area contributed by atoms with E-state index >= 15 is 0 Å². The van der Waals surface area contributed by atoms with Crippen molar-refractivity contribution in [1.82, 2.24) is 4.98 Å². The lowest BCUT2D eigenvalue weighted by atomic mass is 10.2. The number of hydrogen-bond donors (Lipinski definition) is 1. The fraction of sp³-hybridized carbons (Fsp3) is 0.0909. The maximum absolute atomic E-state index is 12.5. The van der Waals surface area contributed by atoms with Crippen LogP contribution in [0.3, 0.4) is 0 Å². The number of pyridine rings is 1. The summed E-state index contributed by atoms with van der Waals surface area (Å²) in [4.78, 5) is 16.5. The quantitative estimate of drug-likeness (QED) is 0.531. The number of carbonyl (C=O) groups excluding carboxylic acids is 1. The van der Waals surface area contributed by atoms with Crippen molar-refractivity contribution < 1.29 is 18.7 Å². The Morgan fingerprint density at radius 2 is 1.86 bits per heavy atom. The van der Waals surface area contributed by atoms with Crippen molar-refractivity contribution in [3.05, 3.63) is 84.4 Å². The molecule has 2 heterocycles. The maximum Gasteiger partial charge on any atom is 0.291 e. The number of fused-ring (bicyclic) bond motifs is 1. The molecule has 0 aliphatic carbocycles. The number of benzene rings is 2. The molecule has 0 radical (unpaired) electrons. The Labute approximate surface area is 161 Å². The average Bonchev–Trinajstić information content (AvgIpc) is 3.18. The molecular formula is C22H18N2O4. The molecule has 0 bridgehead atoms. The van der Waals surface area contributed by atoms with Crippen molar-refractivity contribution in [2.45, 2.75) is 6.61 Å². The van der Waals surface area contributed by atoms with Gasteiger partial charge in [-0.1, -0.05) is 18.2 Å². The first-order chi connectivity index (χ1) is 13.7. The summed E-state index contributed by atoms with van der Waals surface area (Å²) >= 11 is 0. The summed E-state index contributed by atoms with van der Waals surface area (Å²) in [6.07, 6.45) is 3.42. The summed E-state index contributed by atoms with van der Waals surface area (Å²) in [5, 5.41) is 3.71. The van der Waals surface area contributed by atoms with Crippen LogP contribution in [0.25, 0.3) is 11.0 Å². The van der Waals surface area contributed by atoms with E-state index in [2.05, 4.69) is 10.3 Å². The van der Waals surface area contributed by atoms with Crippen molar-refractivity contribution in [3.63, 3.8) is 0 Å². The first-order valence-corrected chi connectivity index (χ1v) is 8.72. The fourth-order valence-corrected chi connectivity index (χ4v) is 2.79. The summed E-state index contributed by atoms with van der Waals surface area (Å²) in [7, 11) is 1.57. The number of nitrogens with one attached hydrogen (secondary N) is 1. The zero-order valence-electron chi connectivity index (χ0n) is 15.2. The third-order valence-electron chi connectivity index (χ3n) is 4.21. The van der Waals surface area contributed by atoms with Crippen LogP contribution in [-0.4, -0.2) is 18.0 Å². The zero-order chi connectivity index (χ0) is 19.3. The lowest BCUT2D eigenvalue weighted by molar-refractivity contribution is 0.0998. The number of furan rings is 1. The SMILES string of the molecule is COc1ccc(NC(=O)c2cc3ccccc3o2)cc1OCc1ccncc1. The standard InChI is InChI=1S/C22H18N2O4/c1-26-19-7-6-17(13-20(19)27-14-15-8-10-23-11-9-15)24-22(25)21-12-16-4-2-3-5-18(16)28-21/h2-13H,14H2,1H3,(H,24,25). The first kappa shape index (κ1) is 17.6. The molecule has 0 atom stereocenters. The van der Waals surface area contributed by atoms with Crippen molar-refractivity contribution >= 4 is 22.6 Å². The van der Waals surface area contributed by atoms with E-state index in [1.165, 1.54) is 0 Å². The number of amides is 1. The molecule has 2 aromatic heterocycles. The molecule has 0 aliphatic heterocycles. The Kier molecular flexibility index (Phi) is 4.93. The first-order valence-electron chi connectivity index (χ1n) is 8.72. The van der Waals surface area contributed by atoms with Crippen LogP contribution in [0, 0.1) is 0 Å². The number of aromatic nitrogens is 1. The van der Waals surface area contributed by atoms with Crippen LogP contribution in [0.2, 0.25) is 0 Å². The Morgan fingerprint density at radius 1 is 1.04 bits per heavy atom. The lowest BCUT2D eigenvalue weighted by Crippen LogP contribution is -2.11. The van der Waals surface area contributed by atoms with Crippen LogP contribution >= 0.6 is 0 Å². The highest BCUT2D eigenvalue weighted by molar-refractivity contribution is 6.04. The minimum atomic E-state index is -0.332. The number of para-hydroxylation sites is 1. The van der Waals surface area contributed by atoms with Crippen LogP contribution in [0.4, 0.5) is 5.69 Å². The molecule has 0 unspecified atom stereocenters. The summed E-state index contributed by atoms with van der Waals surface area (Å²) < 4.78 is 16.8. The summed E-state index contributed by atoms with van der Waals surface area (Å²) in [6, 6.07) is 18.2. The maximum atomic E-state index is 12.5. The van der Waals surface area contributed by atoms with Gasteiger partial charge in [0.2, 0.25) is 0 Å². The molecule has 0 saturated heterocycles. The lowest BCUT2D eigenvalue weighted by Gasteiger charge is -2.12. The predicted octanol–water partition coefficient (Wildman–Crippen LogP) is 4.67. The monoisotopic (exact) mass is 374 g/mol.